The van der Waals surface area contributed by atoms with Crippen LogP contribution in [0, 0.1) is 19.7 Å². The van der Waals surface area contributed by atoms with Gasteiger partial charge in [-0.3, -0.25) is 47.9 Å². The van der Waals surface area contributed by atoms with Gasteiger partial charge in [-0.15, -0.1) is 10.2 Å². The van der Waals surface area contributed by atoms with E-state index in [-0.39, 0.29) is 30.7 Å². The van der Waals surface area contributed by atoms with Crippen molar-refractivity contribution in [1.29, 1.82) is 0 Å². The van der Waals surface area contributed by atoms with Crippen LogP contribution in [0.4, 0.5) is 4.39 Å². The van der Waals surface area contributed by atoms with Crippen LogP contribution in [-0.2, 0) is 80.0 Å². The molecule has 31 heteroatoms. The minimum absolute atomic E-state index is 0.0923. The Morgan fingerprint density at radius 3 is 1.93 bits per heavy atom. The van der Waals surface area contributed by atoms with E-state index in [1.54, 1.807) is 24.3 Å². The summed E-state index contributed by atoms with van der Waals surface area (Å²) in [6, 6.07) is 11.8. The van der Waals surface area contributed by atoms with Gasteiger partial charge in [0.25, 0.3) is 0 Å². The second-order valence-corrected chi connectivity index (χ2v) is 23.7. The average Bonchev–Trinajstić information content (AvgIpc) is 1.28. The van der Waals surface area contributed by atoms with Gasteiger partial charge in [0.05, 0.1) is 44.4 Å². The number of nitrogens with zero attached hydrogens (tertiary/aromatic N) is 3. The summed E-state index contributed by atoms with van der Waals surface area (Å²) in [6.07, 6.45) is -2.44. The van der Waals surface area contributed by atoms with Crippen molar-refractivity contribution in [3.8, 4) is 16.9 Å². The Bertz CT molecular complexity index is 3470. The summed E-state index contributed by atoms with van der Waals surface area (Å²) < 4.78 is 21.2. The van der Waals surface area contributed by atoms with E-state index in [1.807, 2.05) is 57.2 Å². The Morgan fingerprint density at radius 1 is 0.698 bits per heavy atom. The van der Waals surface area contributed by atoms with Crippen molar-refractivity contribution < 1.29 is 77.5 Å². The smallest absolute Gasteiger partial charge is 0.305 e. The number of benzene rings is 4. The van der Waals surface area contributed by atoms with Gasteiger partial charge in [-0.25, -0.2) is 4.39 Å². The lowest BCUT2D eigenvalue weighted by Gasteiger charge is -2.34. The zero-order valence-electron chi connectivity index (χ0n) is 54.4. The quantitative estimate of drug-likeness (QED) is 0.0195. The van der Waals surface area contributed by atoms with Crippen molar-refractivity contribution in [3.63, 3.8) is 0 Å². The summed E-state index contributed by atoms with van der Waals surface area (Å²) in [7, 11) is 0. The van der Waals surface area contributed by atoms with Crippen molar-refractivity contribution in [2.24, 2.45) is 17.2 Å². The molecule has 1 heterocycles. The molecule has 5 aromatic rings. The molecule has 0 aliphatic heterocycles. The number of H-pyrrole nitrogens is 1. The van der Waals surface area contributed by atoms with Crippen LogP contribution in [-0.4, -0.2) is 187 Å². The van der Waals surface area contributed by atoms with Crippen LogP contribution in [0.2, 0.25) is 0 Å². The molecule has 0 fully saturated rings. The summed E-state index contributed by atoms with van der Waals surface area (Å²) in [4.78, 5) is 136. The third-order valence-electron chi connectivity index (χ3n) is 15.5. The SMILES string of the molecule is CCc1cc(OCCCCN)ccc1-c1ccc(C[C@H](NC(=O)[C@H](CC(=O)O)NC(=O)[C@H](CO)NC(=O)[C@H](NC(=O)[C@](C)(Cc2ccccc2F)NC(=O)[C@@H](NC(=O)CNC(=O)[C@@H](N)Cc2nn[nH]n2)[C@@H](C)O)[C@@H](C)O)C(=O)N[C@@H](CCCc2cc(C)cc(C)c2)C(N)=O)cc1. The summed E-state index contributed by atoms with van der Waals surface area (Å²) >= 11 is 0. The first-order chi connectivity index (χ1) is 45.5. The fourth-order valence-corrected chi connectivity index (χ4v) is 10.3. The number of carboxylic acid groups (broad SMARTS) is 1. The number of carbonyl (C=O) groups is 10. The molecule has 4 aromatic carbocycles. The van der Waals surface area contributed by atoms with Gasteiger partial charge >= 0.3 is 5.97 Å². The minimum atomic E-state index is -2.32. The van der Waals surface area contributed by atoms with E-state index in [0.29, 0.717) is 43.7 Å². The molecule has 0 saturated carbocycles. The molecule has 520 valence electrons. The van der Waals surface area contributed by atoms with Crippen LogP contribution in [0.15, 0.2) is 84.9 Å². The number of amides is 9. The number of hydrogen-bond donors (Lipinski definition) is 16. The first-order valence-corrected chi connectivity index (χ1v) is 31.3. The third-order valence-corrected chi connectivity index (χ3v) is 15.5. The maximum absolute atomic E-state index is 15.3. The van der Waals surface area contributed by atoms with Gasteiger partial charge in [0.1, 0.15) is 53.4 Å². The average molecular weight is 1340 g/mol. The predicted octanol–water partition coefficient (Wildman–Crippen LogP) is -1.71. The molecular weight excluding hydrogens is 1250 g/mol. The lowest BCUT2D eigenvalue weighted by Crippen LogP contribution is -2.67. The molecule has 0 saturated heterocycles. The highest BCUT2D eigenvalue weighted by Crippen LogP contribution is 2.29. The Morgan fingerprint density at radius 2 is 1.32 bits per heavy atom. The van der Waals surface area contributed by atoms with E-state index in [1.165, 1.54) is 18.2 Å². The number of aliphatic hydroxyl groups is 3. The highest BCUT2D eigenvalue weighted by molar-refractivity contribution is 6.00. The maximum Gasteiger partial charge on any atom is 0.305 e. The number of carbonyl (C=O) groups excluding carboxylic acids is 9. The van der Waals surface area contributed by atoms with Crippen LogP contribution in [0.25, 0.3) is 11.1 Å². The fourth-order valence-electron chi connectivity index (χ4n) is 10.3. The Balaban J connectivity index is 1.35. The van der Waals surface area contributed by atoms with E-state index in [9.17, 15) is 68.4 Å². The molecule has 5 rings (SSSR count). The van der Waals surface area contributed by atoms with Crippen LogP contribution in [0.5, 0.6) is 5.75 Å². The number of hydrogen-bond acceptors (Lipinski definition) is 19. The van der Waals surface area contributed by atoms with E-state index in [4.69, 9.17) is 21.9 Å². The number of rotatable bonds is 39. The van der Waals surface area contributed by atoms with E-state index in [2.05, 4.69) is 63.2 Å². The second-order valence-electron chi connectivity index (χ2n) is 23.7. The molecular formula is C65H88FN15O15. The van der Waals surface area contributed by atoms with Crippen molar-refractivity contribution in [2.75, 3.05) is 26.3 Å². The molecule has 30 nitrogen and oxygen atoms in total. The van der Waals surface area contributed by atoms with E-state index < -0.39 is 151 Å². The number of aromatic nitrogens is 4. The van der Waals surface area contributed by atoms with Gasteiger partial charge in [-0.1, -0.05) is 90.0 Å². The number of halogens is 1. The Kier molecular flexibility index (Phi) is 29.9. The number of aliphatic hydroxyl groups excluding tert-OH is 3. The van der Waals surface area contributed by atoms with E-state index >= 15 is 4.39 Å². The van der Waals surface area contributed by atoms with Gasteiger partial charge in [-0.05, 0) is 131 Å². The molecule has 96 heavy (non-hydrogen) atoms. The Labute approximate surface area is 554 Å². The first kappa shape index (κ1) is 76.9. The van der Waals surface area contributed by atoms with Crippen molar-refractivity contribution >= 4 is 59.1 Å². The molecule has 0 aliphatic rings. The number of nitrogens with one attached hydrogen (secondary N) is 9. The van der Waals surface area contributed by atoms with Crippen molar-refractivity contribution in [3.05, 3.63) is 130 Å². The lowest BCUT2D eigenvalue weighted by atomic mass is 9.90. The lowest BCUT2D eigenvalue weighted by molar-refractivity contribution is -0.142. The highest BCUT2D eigenvalue weighted by atomic mass is 19.1. The van der Waals surface area contributed by atoms with Crippen LogP contribution in [0.3, 0.4) is 0 Å². The number of aromatic amines is 1. The molecule has 0 spiro atoms. The van der Waals surface area contributed by atoms with Gasteiger partial charge < -0.3 is 84.9 Å². The highest BCUT2D eigenvalue weighted by Gasteiger charge is 2.42. The predicted molar refractivity (Wildman–Crippen MR) is 347 cm³/mol. The second kappa shape index (κ2) is 37.3. The molecule has 0 bridgehead atoms. The van der Waals surface area contributed by atoms with Crippen LogP contribution < -0.4 is 64.5 Å². The van der Waals surface area contributed by atoms with E-state index in [0.717, 1.165) is 73.1 Å². The van der Waals surface area contributed by atoms with Gasteiger partial charge in [0.2, 0.25) is 53.2 Å². The molecule has 9 amide bonds. The summed E-state index contributed by atoms with van der Waals surface area (Å²) in [5.74, 6) is -11.8. The van der Waals surface area contributed by atoms with Crippen LogP contribution >= 0.6 is 0 Å². The number of carboxylic acids is 1. The number of tetrazole rings is 1. The van der Waals surface area contributed by atoms with Crippen LogP contribution in [0.1, 0.15) is 99.0 Å². The number of aryl methyl sites for hydroxylation is 4. The summed E-state index contributed by atoms with van der Waals surface area (Å²) in [5.41, 5.74) is 21.1. The normalized spacial score (nSPS) is 14.6. The topological polar surface area (TPSA) is 490 Å². The zero-order chi connectivity index (χ0) is 70.8. The number of nitrogens with two attached hydrogens (primary N) is 3. The number of ether oxygens (including phenoxy) is 1. The molecule has 1 aromatic heterocycles. The number of primary amides is 1. The maximum atomic E-state index is 15.3. The number of unbranched alkanes of at least 4 members (excludes halogenated alkanes) is 1. The third kappa shape index (κ3) is 23.9. The van der Waals surface area contributed by atoms with Gasteiger partial charge in [0, 0.05) is 19.3 Å². The fraction of sp³-hybridized carbons (Fsp3) is 0.462. The molecule has 19 N–H and O–H groups in total. The summed E-state index contributed by atoms with van der Waals surface area (Å²) in [5, 5.41) is 73.8. The molecule has 0 unspecified atom stereocenters. The molecule has 0 radical (unpaired) electrons. The standard InChI is InChI=1S/C65H88FN15O15/c1-7-41-29-44(96-24-11-10-23-67)21-22-45(41)42-19-17-39(18-20-42)28-49(59(90)71-48(57(69)88)16-12-13-40-26-35(2)25-36(3)27-40)72-60(91)50(31-54(86)87)73-61(92)51(34-82)74-62(93)55(37(4)83)76-64(95)65(6,32-43-14-8-9-15-46(43)66)77-63(94)56(38(5)84)75-53(85)33-70-58(89)47(68)30-52-78-80-81-79-52/h8-9,14-15,17-22,25-27,29,37-38,47-51,55-56,82-84H,7,10-13,16,23-24,28,30-34,67-68H2,1-6H3,(H2,69,88)(H,70,89)(H,71,90)(H,72,91)(H,73,92)(H,74,93)(H,75,85)(H,76,95)(H,77,94)(H,86,87)(H,78,79,80,81)/t37-,38-,47+,48+,49+,50+,51+,55-,56+,65+/m1/s1. The molecule has 10 atom stereocenters. The van der Waals surface area contributed by atoms with Crippen molar-refractivity contribution in [1.82, 2.24) is 63.2 Å². The minimum Gasteiger partial charge on any atom is -0.494 e. The monoisotopic (exact) mass is 1340 g/mol. The summed E-state index contributed by atoms with van der Waals surface area (Å²) in [6.45, 7) is 8.19. The first-order valence-electron chi connectivity index (χ1n) is 31.3. The number of aliphatic carboxylic acids is 1. The zero-order valence-corrected chi connectivity index (χ0v) is 54.4. The van der Waals surface area contributed by atoms with Crippen molar-refractivity contribution in [2.45, 2.75) is 166 Å². The van der Waals surface area contributed by atoms with Gasteiger partial charge in [-0.2, -0.15) is 5.21 Å². The van der Waals surface area contributed by atoms with Gasteiger partial charge in [0.15, 0.2) is 5.82 Å². The molecule has 0 aliphatic carbocycles. The largest absolute Gasteiger partial charge is 0.494 e. The Hall–Kier alpha value is -9.82.